The third-order valence-electron chi connectivity index (χ3n) is 1.66. The summed E-state index contributed by atoms with van der Waals surface area (Å²) in [6, 6.07) is 1.15. The number of pyridine rings is 1. The molecule has 4 nitrogen and oxygen atoms in total. The maximum Gasteiger partial charge on any atom is 0.412 e. The van der Waals surface area contributed by atoms with Crippen LogP contribution in [0.15, 0.2) is 18.5 Å². The van der Waals surface area contributed by atoms with Gasteiger partial charge in [0, 0.05) is 11.8 Å². The Bertz CT molecular complexity index is 403. The number of hydrogen-bond acceptors (Lipinski definition) is 3. The van der Waals surface area contributed by atoms with Crippen LogP contribution < -0.4 is 5.32 Å². The van der Waals surface area contributed by atoms with Crippen LogP contribution in [-0.2, 0) is 4.74 Å². The van der Waals surface area contributed by atoms with E-state index in [2.05, 4.69) is 10.3 Å². The van der Waals surface area contributed by atoms with Gasteiger partial charge in [-0.2, -0.15) is 0 Å². The van der Waals surface area contributed by atoms with Gasteiger partial charge in [-0.25, -0.2) is 13.6 Å². The molecule has 0 aliphatic carbocycles. The first-order valence-electron chi connectivity index (χ1n) is 5.01. The molecule has 0 unspecified atom stereocenters. The van der Waals surface area contributed by atoms with Crippen molar-refractivity contribution in [3.63, 3.8) is 0 Å². The minimum absolute atomic E-state index is 0.178. The van der Waals surface area contributed by atoms with Crippen molar-refractivity contribution in [3.05, 3.63) is 24.0 Å². The fraction of sp³-hybridized carbons (Fsp3) is 0.455. The molecule has 1 aromatic heterocycles. The van der Waals surface area contributed by atoms with E-state index in [1.165, 1.54) is 6.20 Å². The van der Waals surface area contributed by atoms with Crippen LogP contribution in [0.1, 0.15) is 32.8 Å². The third-order valence-corrected chi connectivity index (χ3v) is 1.66. The number of nitrogens with one attached hydrogen (secondary N) is 1. The number of amides is 1. The fourth-order valence-electron chi connectivity index (χ4n) is 1.07. The molecule has 1 N–H and O–H groups in total. The van der Waals surface area contributed by atoms with Gasteiger partial charge in [0.2, 0.25) is 0 Å². The highest BCUT2D eigenvalue weighted by atomic mass is 19.3. The van der Waals surface area contributed by atoms with Gasteiger partial charge in [0.25, 0.3) is 6.43 Å². The second kappa shape index (κ2) is 5.07. The molecule has 1 rings (SSSR count). The Morgan fingerprint density at radius 1 is 1.41 bits per heavy atom. The van der Waals surface area contributed by atoms with Crippen molar-refractivity contribution in [2.24, 2.45) is 0 Å². The molecule has 17 heavy (non-hydrogen) atoms. The van der Waals surface area contributed by atoms with E-state index in [4.69, 9.17) is 4.74 Å². The van der Waals surface area contributed by atoms with Crippen molar-refractivity contribution in [3.8, 4) is 0 Å². The van der Waals surface area contributed by atoms with E-state index in [0.29, 0.717) is 0 Å². The quantitative estimate of drug-likeness (QED) is 0.867. The lowest BCUT2D eigenvalue weighted by Gasteiger charge is -2.19. The molecule has 6 heteroatoms. The summed E-state index contributed by atoms with van der Waals surface area (Å²) in [7, 11) is 0. The van der Waals surface area contributed by atoms with Gasteiger partial charge in [0.15, 0.2) is 0 Å². The number of anilines is 1. The van der Waals surface area contributed by atoms with Crippen LogP contribution in [0.25, 0.3) is 0 Å². The van der Waals surface area contributed by atoms with E-state index in [1.54, 1.807) is 20.8 Å². The van der Waals surface area contributed by atoms with Crippen LogP contribution in [0.5, 0.6) is 0 Å². The van der Waals surface area contributed by atoms with Crippen LogP contribution in [0.2, 0.25) is 0 Å². The molecule has 0 bridgehead atoms. The molecule has 1 amide bonds. The summed E-state index contributed by atoms with van der Waals surface area (Å²) in [6.07, 6.45) is -1.01. The summed E-state index contributed by atoms with van der Waals surface area (Å²) >= 11 is 0. The summed E-state index contributed by atoms with van der Waals surface area (Å²) in [4.78, 5) is 15.0. The summed E-state index contributed by atoms with van der Waals surface area (Å²) in [5, 5.41) is 2.34. The standard InChI is InChI=1S/C11H14F2N2O2/c1-11(2,3)17-10(16)15-8-4-7(9(12)13)5-14-6-8/h4-6,9H,1-3H3,(H,15,16). The van der Waals surface area contributed by atoms with Crippen LogP contribution in [0, 0.1) is 0 Å². The largest absolute Gasteiger partial charge is 0.444 e. The summed E-state index contributed by atoms with van der Waals surface area (Å²) in [6.45, 7) is 5.13. The van der Waals surface area contributed by atoms with Crippen molar-refractivity contribution >= 4 is 11.8 Å². The molecular formula is C11H14F2N2O2. The summed E-state index contributed by atoms with van der Waals surface area (Å²) < 4.78 is 29.7. The first-order chi connectivity index (χ1) is 7.78. The predicted molar refractivity (Wildman–Crippen MR) is 59.1 cm³/mol. The molecule has 0 atom stereocenters. The molecule has 1 aromatic rings. The lowest BCUT2D eigenvalue weighted by atomic mass is 10.2. The first kappa shape index (κ1) is 13.3. The van der Waals surface area contributed by atoms with Gasteiger partial charge in [-0.1, -0.05) is 0 Å². The molecule has 0 aliphatic rings. The minimum Gasteiger partial charge on any atom is -0.444 e. The van der Waals surface area contributed by atoms with Gasteiger partial charge in [0.05, 0.1) is 11.9 Å². The van der Waals surface area contributed by atoms with Crippen molar-refractivity contribution in [2.45, 2.75) is 32.8 Å². The van der Waals surface area contributed by atoms with E-state index < -0.39 is 18.1 Å². The molecule has 0 spiro atoms. The average molecular weight is 244 g/mol. The molecule has 0 radical (unpaired) electrons. The zero-order chi connectivity index (χ0) is 13.1. The van der Waals surface area contributed by atoms with E-state index >= 15 is 0 Å². The SMILES string of the molecule is CC(C)(C)OC(=O)Nc1cncc(C(F)F)c1. The predicted octanol–water partition coefficient (Wildman–Crippen LogP) is 3.37. The number of nitrogens with zero attached hydrogens (tertiary/aromatic N) is 1. The number of carbonyl (C=O) groups is 1. The number of ether oxygens (including phenoxy) is 1. The molecule has 0 saturated heterocycles. The van der Waals surface area contributed by atoms with Crippen LogP contribution in [-0.4, -0.2) is 16.7 Å². The van der Waals surface area contributed by atoms with Gasteiger partial charge in [-0.3, -0.25) is 10.3 Å². The number of halogens is 2. The Labute approximate surface area is 98.0 Å². The van der Waals surface area contributed by atoms with Crippen molar-refractivity contribution in [1.29, 1.82) is 0 Å². The average Bonchev–Trinajstić information content (AvgIpc) is 2.14. The van der Waals surface area contributed by atoms with E-state index in [0.717, 1.165) is 12.3 Å². The highest BCUT2D eigenvalue weighted by molar-refractivity contribution is 5.84. The Hall–Kier alpha value is -1.72. The van der Waals surface area contributed by atoms with Gasteiger partial charge >= 0.3 is 6.09 Å². The number of rotatable bonds is 2. The topological polar surface area (TPSA) is 51.2 Å². The number of alkyl halides is 2. The summed E-state index contributed by atoms with van der Waals surface area (Å²) in [5.41, 5.74) is -0.715. The second-order valence-corrected chi connectivity index (χ2v) is 4.43. The smallest absolute Gasteiger partial charge is 0.412 e. The number of hydrogen-bond donors (Lipinski definition) is 1. The monoisotopic (exact) mass is 244 g/mol. The van der Waals surface area contributed by atoms with Gasteiger partial charge in [0.1, 0.15) is 5.60 Å². The van der Waals surface area contributed by atoms with E-state index in [-0.39, 0.29) is 11.3 Å². The Morgan fingerprint density at radius 2 is 2.06 bits per heavy atom. The molecular weight excluding hydrogens is 230 g/mol. The maximum absolute atomic E-state index is 12.4. The lowest BCUT2D eigenvalue weighted by molar-refractivity contribution is 0.0635. The lowest BCUT2D eigenvalue weighted by Crippen LogP contribution is -2.27. The van der Waals surface area contributed by atoms with Gasteiger partial charge in [-0.05, 0) is 26.8 Å². The van der Waals surface area contributed by atoms with Crippen LogP contribution in [0.4, 0.5) is 19.3 Å². The van der Waals surface area contributed by atoms with Gasteiger partial charge < -0.3 is 4.74 Å². The first-order valence-corrected chi connectivity index (χ1v) is 5.01. The van der Waals surface area contributed by atoms with E-state index in [9.17, 15) is 13.6 Å². The van der Waals surface area contributed by atoms with Crippen molar-refractivity contribution in [1.82, 2.24) is 4.98 Å². The second-order valence-electron chi connectivity index (χ2n) is 4.43. The zero-order valence-corrected chi connectivity index (χ0v) is 9.83. The Balaban J connectivity index is 2.69. The highest BCUT2D eigenvalue weighted by Gasteiger charge is 2.16. The molecule has 0 aliphatic heterocycles. The van der Waals surface area contributed by atoms with Crippen molar-refractivity contribution in [2.75, 3.05) is 5.32 Å². The fourth-order valence-corrected chi connectivity index (χ4v) is 1.07. The minimum atomic E-state index is -2.62. The van der Waals surface area contributed by atoms with Crippen LogP contribution >= 0.6 is 0 Å². The molecule has 1 heterocycles. The van der Waals surface area contributed by atoms with Gasteiger partial charge in [-0.15, -0.1) is 0 Å². The van der Waals surface area contributed by atoms with E-state index in [1.807, 2.05) is 0 Å². The number of aromatic nitrogens is 1. The normalized spacial score (nSPS) is 11.4. The Kier molecular flexibility index (Phi) is 3.98. The third kappa shape index (κ3) is 4.76. The zero-order valence-electron chi connectivity index (χ0n) is 9.83. The Morgan fingerprint density at radius 3 is 2.59 bits per heavy atom. The van der Waals surface area contributed by atoms with Crippen molar-refractivity contribution < 1.29 is 18.3 Å². The summed E-state index contributed by atoms with van der Waals surface area (Å²) in [5.74, 6) is 0. The molecule has 0 saturated carbocycles. The molecule has 94 valence electrons. The molecule has 0 aromatic carbocycles. The molecule has 0 fully saturated rings. The highest BCUT2D eigenvalue weighted by Crippen LogP contribution is 2.20. The number of carbonyl (C=O) groups excluding carboxylic acids is 1. The maximum atomic E-state index is 12.4. The van der Waals surface area contributed by atoms with Crippen LogP contribution in [0.3, 0.4) is 0 Å².